The van der Waals surface area contributed by atoms with Crippen molar-refractivity contribution in [2.45, 2.75) is 0 Å². The Morgan fingerprint density at radius 2 is 0.807 bits per heavy atom. The van der Waals surface area contributed by atoms with Crippen molar-refractivity contribution in [2.24, 2.45) is 0 Å². The predicted molar refractivity (Wildman–Crippen MR) is 233 cm³/mol. The van der Waals surface area contributed by atoms with Gasteiger partial charge in [0, 0.05) is 33.0 Å². The van der Waals surface area contributed by atoms with E-state index in [1.807, 2.05) is 60.7 Å². The second-order valence-corrected chi connectivity index (χ2v) is 14.2. The molecule has 0 aliphatic heterocycles. The van der Waals surface area contributed by atoms with Gasteiger partial charge < -0.3 is 4.42 Å². The maximum absolute atomic E-state index is 6.48. The molecule has 2 aromatic heterocycles. The molecule has 0 N–H and O–H groups in total. The highest BCUT2D eigenvalue weighted by molar-refractivity contribution is 6.23. The summed E-state index contributed by atoms with van der Waals surface area (Å²) in [6.45, 7) is 0. The van der Waals surface area contributed by atoms with Crippen LogP contribution in [-0.2, 0) is 0 Å². The summed E-state index contributed by atoms with van der Waals surface area (Å²) in [5.74, 6) is 2.50. The minimum absolute atomic E-state index is 0.620. The first-order valence-corrected chi connectivity index (χ1v) is 19.0. The molecule has 57 heavy (non-hydrogen) atoms. The van der Waals surface area contributed by atoms with Crippen molar-refractivity contribution >= 4 is 43.4 Å². The lowest BCUT2D eigenvalue weighted by atomic mass is 9.95. The highest BCUT2D eigenvalue weighted by atomic mass is 16.3. The van der Waals surface area contributed by atoms with Crippen molar-refractivity contribution < 1.29 is 4.42 Å². The third-order valence-corrected chi connectivity index (χ3v) is 10.8. The maximum atomic E-state index is 6.48. The van der Waals surface area contributed by atoms with Crippen LogP contribution < -0.4 is 0 Å². The van der Waals surface area contributed by atoms with Crippen LogP contribution in [0.5, 0.6) is 0 Å². The summed E-state index contributed by atoms with van der Waals surface area (Å²) in [6, 6.07) is 67.1. The molecule has 0 spiro atoms. The molecule has 0 aliphatic carbocycles. The zero-order chi connectivity index (χ0) is 37.7. The van der Waals surface area contributed by atoms with Crippen LogP contribution in [0.2, 0.25) is 0 Å². The second-order valence-electron chi connectivity index (χ2n) is 14.2. The minimum atomic E-state index is 0.620. The first-order valence-electron chi connectivity index (χ1n) is 19.0. The zero-order valence-corrected chi connectivity index (χ0v) is 30.7. The van der Waals surface area contributed by atoms with E-state index >= 15 is 0 Å². The van der Waals surface area contributed by atoms with Gasteiger partial charge in [0.05, 0.1) is 0 Å². The van der Waals surface area contributed by atoms with E-state index in [1.165, 1.54) is 16.3 Å². The van der Waals surface area contributed by atoms with Gasteiger partial charge in [0.2, 0.25) is 5.89 Å². The fourth-order valence-electron chi connectivity index (χ4n) is 7.90. The first-order chi connectivity index (χ1) is 28.2. The Morgan fingerprint density at radius 3 is 1.49 bits per heavy atom. The van der Waals surface area contributed by atoms with E-state index in [2.05, 4.69) is 133 Å². The summed E-state index contributed by atoms with van der Waals surface area (Å²) in [6.07, 6.45) is 0. The Bertz CT molecular complexity index is 3260. The molecule has 0 fully saturated rings. The molecule has 2 heterocycles. The topological polar surface area (TPSA) is 64.7 Å². The summed E-state index contributed by atoms with van der Waals surface area (Å²) >= 11 is 0. The summed E-state index contributed by atoms with van der Waals surface area (Å²) in [4.78, 5) is 20.0. The lowest BCUT2D eigenvalue weighted by Gasteiger charge is -2.11. The number of hydrogen-bond donors (Lipinski definition) is 0. The van der Waals surface area contributed by atoms with Gasteiger partial charge in [-0.05, 0) is 68.1 Å². The molecule has 0 atom stereocenters. The molecule has 0 saturated heterocycles. The van der Waals surface area contributed by atoms with Crippen LogP contribution >= 0.6 is 0 Å². The van der Waals surface area contributed by atoms with Gasteiger partial charge in [0.1, 0.15) is 5.52 Å². The van der Waals surface area contributed by atoms with E-state index in [4.69, 9.17) is 24.4 Å². The van der Waals surface area contributed by atoms with Gasteiger partial charge in [-0.15, -0.1) is 0 Å². The average Bonchev–Trinajstić information content (AvgIpc) is 3.76. The van der Waals surface area contributed by atoms with Crippen molar-refractivity contribution in [2.75, 3.05) is 0 Å². The first kappa shape index (κ1) is 32.7. The molecule has 266 valence electrons. The van der Waals surface area contributed by atoms with Crippen LogP contribution in [0.1, 0.15) is 0 Å². The van der Waals surface area contributed by atoms with Crippen molar-refractivity contribution in [1.82, 2.24) is 19.9 Å². The number of rotatable bonds is 6. The standard InChI is InChI=1S/C52H32N4O/c1-3-13-36(14-4-1)49-54-50(56-51(55-49)38-28-24-35(25-29-38)42-21-11-17-34-12-7-8-18-41(34)42)37-26-22-33(23-27-37)40-30-31-45-46(32-40)43-19-9-10-20-44(43)47-48(45)57-52(53-47)39-15-5-2-6-16-39/h1-32H. The third-order valence-electron chi connectivity index (χ3n) is 10.8. The summed E-state index contributed by atoms with van der Waals surface area (Å²) in [5, 5.41) is 6.82. The fraction of sp³-hybridized carbons (Fsp3) is 0. The Kier molecular flexibility index (Phi) is 7.74. The highest BCUT2D eigenvalue weighted by Gasteiger charge is 2.18. The maximum Gasteiger partial charge on any atom is 0.227 e. The van der Waals surface area contributed by atoms with Crippen molar-refractivity contribution in [3.8, 4) is 67.9 Å². The van der Waals surface area contributed by atoms with E-state index in [9.17, 15) is 0 Å². The van der Waals surface area contributed by atoms with Crippen LogP contribution in [0, 0.1) is 0 Å². The highest BCUT2D eigenvalue weighted by Crippen LogP contribution is 2.39. The van der Waals surface area contributed by atoms with Crippen LogP contribution in [0.4, 0.5) is 0 Å². The van der Waals surface area contributed by atoms with Crippen LogP contribution in [-0.4, -0.2) is 19.9 Å². The van der Waals surface area contributed by atoms with E-state index in [-0.39, 0.29) is 0 Å². The van der Waals surface area contributed by atoms with Gasteiger partial charge in [0.15, 0.2) is 23.1 Å². The van der Waals surface area contributed by atoms with E-state index in [1.54, 1.807) is 0 Å². The summed E-state index contributed by atoms with van der Waals surface area (Å²) in [7, 11) is 0. The van der Waals surface area contributed by atoms with Crippen molar-refractivity contribution in [3.63, 3.8) is 0 Å². The number of benzene rings is 9. The Hall–Kier alpha value is -7.76. The van der Waals surface area contributed by atoms with Crippen LogP contribution in [0.25, 0.3) is 111 Å². The molecule has 0 amide bonds. The molecule has 5 heteroatoms. The van der Waals surface area contributed by atoms with Crippen LogP contribution in [0.15, 0.2) is 199 Å². The smallest absolute Gasteiger partial charge is 0.227 e. The number of nitrogens with zero attached hydrogens (tertiary/aromatic N) is 4. The number of hydrogen-bond acceptors (Lipinski definition) is 5. The summed E-state index contributed by atoms with van der Waals surface area (Å²) < 4.78 is 6.48. The van der Waals surface area contributed by atoms with Gasteiger partial charge in [-0.25, -0.2) is 19.9 Å². The minimum Gasteiger partial charge on any atom is -0.435 e. The molecule has 9 aromatic carbocycles. The van der Waals surface area contributed by atoms with E-state index in [0.717, 1.165) is 71.6 Å². The molecule has 0 aliphatic rings. The lowest BCUT2D eigenvalue weighted by molar-refractivity contribution is 0.623. The van der Waals surface area contributed by atoms with Gasteiger partial charge in [-0.1, -0.05) is 170 Å². The number of aromatic nitrogens is 4. The largest absolute Gasteiger partial charge is 0.435 e. The Labute approximate surface area is 328 Å². The van der Waals surface area contributed by atoms with Gasteiger partial charge >= 0.3 is 0 Å². The second kappa shape index (κ2) is 13.5. The number of oxazole rings is 1. The molecule has 11 rings (SSSR count). The quantitative estimate of drug-likeness (QED) is 0.160. The third kappa shape index (κ3) is 5.81. The molecule has 0 saturated carbocycles. The van der Waals surface area contributed by atoms with Gasteiger partial charge in [-0.2, -0.15) is 0 Å². The van der Waals surface area contributed by atoms with Crippen molar-refractivity contribution in [1.29, 1.82) is 0 Å². The average molecular weight is 729 g/mol. The normalized spacial score (nSPS) is 11.5. The lowest BCUT2D eigenvalue weighted by Crippen LogP contribution is -2.00. The Morgan fingerprint density at radius 1 is 0.298 bits per heavy atom. The summed E-state index contributed by atoms with van der Waals surface area (Å²) in [5.41, 5.74) is 9.95. The number of fused-ring (bicyclic) bond motifs is 7. The molecule has 0 bridgehead atoms. The molecular formula is C52H32N4O. The SMILES string of the molecule is c1ccc(-c2nc(-c3ccc(-c4ccc5c(c4)c4ccccc4c4nc(-c6ccccc6)oc54)cc3)nc(-c3ccc(-c4cccc5ccccc45)cc3)n2)cc1. The molecule has 5 nitrogen and oxygen atoms in total. The monoisotopic (exact) mass is 728 g/mol. The molecule has 11 aromatic rings. The molecule has 0 unspecified atom stereocenters. The zero-order valence-electron chi connectivity index (χ0n) is 30.7. The molecule has 0 radical (unpaired) electrons. The van der Waals surface area contributed by atoms with Gasteiger partial charge in [0.25, 0.3) is 0 Å². The van der Waals surface area contributed by atoms with Crippen LogP contribution in [0.3, 0.4) is 0 Å². The molecular weight excluding hydrogens is 697 g/mol. The van der Waals surface area contributed by atoms with E-state index < -0.39 is 0 Å². The van der Waals surface area contributed by atoms with Gasteiger partial charge in [-0.3, -0.25) is 0 Å². The van der Waals surface area contributed by atoms with E-state index in [0.29, 0.717) is 23.4 Å². The predicted octanol–water partition coefficient (Wildman–Crippen LogP) is 13.5. The fourth-order valence-corrected chi connectivity index (χ4v) is 7.90. The van der Waals surface area contributed by atoms with Crippen molar-refractivity contribution in [3.05, 3.63) is 194 Å². The Balaban J connectivity index is 0.971.